The van der Waals surface area contributed by atoms with Crippen LogP contribution in [-0.2, 0) is 11.2 Å². The highest BCUT2D eigenvalue weighted by atomic mass is 32.2. The van der Waals surface area contributed by atoms with Gasteiger partial charge in [-0.25, -0.2) is 14.4 Å². The van der Waals surface area contributed by atoms with Crippen molar-refractivity contribution in [2.45, 2.75) is 20.0 Å². The Balaban J connectivity index is 2.10. The van der Waals surface area contributed by atoms with Crippen LogP contribution in [0.4, 0.5) is 4.39 Å². The van der Waals surface area contributed by atoms with E-state index in [0.29, 0.717) is 22.9 Å². The lowest BCUT2D eigenvalue weighted by molar-refractivity contribution is 0.0959. The van der Waals surface area contributed by atoms with Gasteiger partial charge in [-0.2, -0.15) is 0 Å². The summed E-state index contributed by atoms with van der Waals surface area (Å²) < 4.78 is 29.5. The molecule has 0 saturated carbocycles. The number of aromatic nitrogens is 1. The minimum absolute atomic E-state index is 0.105. The standard InChI is InChI=1S/C16H18FN3O3S/c1-10(17)4-5-15(18-3)20-16(21)14-7-12(6-11(2)19-14)23-13-8-24(22)9-13/h4-7,13H,3,8-9H2,1-2H3,(H,20,21)/b10-4+,15-5+. The van der Waals surface area contributed by atoms with Gasteiger partial charge in [0.2, 0.25) is 0 Å². The van der Waals surface area contributed by atoms with E-state index in [1.165, 1.54) is 25.1 Å². The number of amides is 1. The van der Waals surface area contributed by atoms with Gasteiger partial charge in [-0.3, -0.25) is 4.79 Å². The van der Waals surface area contributed by atoms with Crippen LogP contribution in [0.3, 0.4) is 0 Å². The molecule has 1 fully saturated rings. The number of nitrogens with zero attached hydrogens (tertiary/aromatic N) is 2. The number of halogens is 1. The number of carbonyl (C=O) groups excluding carboxylic acids is 1. The van der Waals surface area contributed by atoms with Crippen molar-refractivity contribution >= 4 is 23.8 Å². The Hall–Kier alpha value is -2.19. The van der Waals surface area contributed by atoms with Crippen molar-refractivity contribution < 1.29 is 18.5 Å². The van der Waals surface area contributed by atoms with E-state index in [-0.39, 0.29) is 17.6 Å². The van der Waals surface area contributed by atoms with Crippen LogP contribution in [0.1, 0.15) is 23.1 Å². The Morgan fingerprint density at radius 2 is 2.25 bits per heavy atom. The molecule has 1 aliphatic rings. The van der Waals surface area contributed by atoms with Crippen molar-refractivity contribution in [3.8, 4) is 5.75 Å². The van der Waals surface area contributed by atoms with Crippen LogP contribution in [-0.4, -0.2) is 39.8 Å². The first-order valence-corrected chi connectivity index (χ1v) is 8.68. The van der Waals surface area contributed by atoms with E-state index in [2.05, 4.69) is 22.0 Å². The fourth-order valence-electron chi connectivity index (χ4n) is 1.96. The lowest BCUT2D eigenvalue weighted by Crippen LogP contribution is -2.45. The summed E-state index contributed by atoms with van der Waals surface area (Å²) in [6.45, 7) is 6.34. The second kappa shape index (κ2) is 8.07. The fourth-order valence-corrected chi connectivity index (χ4v) is 2.82. The quantitative estimate of drug-likeness (QED) is 0.483. The highest BCUT2D eigenvalue weighted by molar-refractivity contribution is 7.92. The van der Waals surface area contributed by atoms with Crippen molar-refractivity contribution in [3.63, 3.8) is 0 Å². The van der Waals surface area contributed by atoms with E-state index in [0.717, 1.165) is 0 Å². The van der Waals surface area contributed by atoms with Crippen molar-refractivity contribution in [3.05, 3.63) is 47.3 Å². The van der Waals surface area contributed by atoms with Crippen molar-refractivity contribution in [2.24, 2.45) is 4.99 Å². The predicted octanol–water partition coefficient (Wildman–Crippen LogP) is 2.04. The van der Waals surface area contributed by atoms with Gasteiger partial charge in [-0.15, -0.1) is 0 Å². The van der Waals surface area contributed by atoms with Gasteiger partial charge in [-0.05, 0) is 43.9 Å². The van der Waals surface area contributed by atoms with Crippen LogP contribution in [0, 0.1) is 6.92 Å². The summed E-state index contributed by atoms with van der Waals surface area (Å²) >= 11 is -0.813. The molecule has 1 N–H and O–H groups in total. The molecule has 0 aromatic carbocycles. The Bertz CT molecular complexity index is 696. The molecule has 0 unspecified atom stereocenters. The smallest absolute Gasteiger partial charge is 0.275 e. The number of carbonyl (C=O) groups is 1. The molecule has 2 heterocycles. The summed E-state index contributed by atoms with van der Waals surface area (Å²) in [6, 6.07) is 3.20. The molecule has 1 aromatic heterocycles. The van der Waals surface area contributed by atoms with Gasteiger partial charge in [0.1, 0.15) is 28.8 Å². The summed E-state index contributed by atoms with van der Waals surface area (Å²) in [5.41, 5.74) is 0.746. The van der Waals surface area contributed by atoms with Gasteiger partial charge in [0, 0.05) is 17.8 Å². The predicted molar refractivity (Wildman–Crippen MR) is 91.2 cm³/mol. The maximum atomic E-state index is 12.7. The Kier molecular flexibility index (Phi) is 6.10. The minimum Gasteiger partial charge on any atom is -0.616 e. The topological polar surface area (TPSA) is 86.6 Å². The fraction of sp³-hybridized carbons (Fsp3) is 0.312. The Labute approximate surface area is 142 Å². The number of aryl methyl sites for hydroxylation is 1. The van der Waals surface area contributed by atoms with E-state index in [1.807, 2.05) is 0 Å². The number of hydrogen-bond donors (Lipinski definition) is 1. The van der Waals surface area contributed by atoms with Crippen LogP contribution in [0.5, 0.6) is 5.75 Å². The van der Waals surface area contributed by atoms with Crippen LogP contribution < -0.4 is 10.1 Å². The first kappa shape index (κ1) is 18.2. The van der Waals surface area contributed by atoms with E-state index < -0.39 is 22.9 Å². The highest BCUT2D eigenvalue weighted by Crippen LogP contribution is 2.21. The molecule has 1 saturated heterocycles. The van der Waals surface area contributed by atoms with Crippen molar-refractivity contribution in [1.29, 1.82) is 0 Å². The summed E-state index contributed by atoms with van der Waals surface area (Å²) in [4.78, 5) is 20.0. The zero-order chi connectivity index (χ0) is 17.7. The monoisotopic (exact) mass is 351 g/mol. The minimum atomic E-state index is -0.813. The molecule has 6 nitrogen and oxygen atoms in total. The van der Waals surface area contributed by atoms with Crippen molar-refractivity contribution in [1.82, 2.24) is 10.3 Å². The molecule has 0 spiro atoms. The Morgan fingerprint density at radius 1 is 1.54 bits per heavy atom. The highest BCUT2D eigenvalue weighted by Gasteiger charge is 2.33. The zero-order valence-electron chi connectivity index (χ0n) is 13.4. The van der Waals surface area contributed by atoms with Crippen LogP contribution in [0.2, 0.25) is 0 Å². The number of rotatable bonds is 6. The van der Waals surface area contributed by atoms with Crippen LogP contribution >= 0.6 is 0 Å². The molecule has 1 amide bonds. The second-order valence-electron chi connectivity index (χ2n) is 5.26. The van der Waals surface area contributed by atoms with Gasteiger partial charge in [0.25, 0.3) is 5.91 Å². The average molecular weight is 351 g/mol. The number of ether oxygens (including phenoxy) is 1. The molecule has 0 atom stereocenters. The molecule has 1 aliphatic heterocycles. The zero-order valence-corrected chi connectivity index (χ0v) is 14.2. The molecule has 128 valence electrons. The molecule has 0 aliphatic carbocycles. The number of nitrogens with one attached hydrogen (secondary N) is 1. The first-order valence-electron chi connectivity index (χ1n) is 7.20. The SMILES string of the molecule is C=N/C(=C\C=C(/C)F)NC(=O)c1cc(OC2C[S+]([O-])C2)cc(C)n1. The molecular weight excluding hydrogens is 333 g/mol. The normalized spacial score (nSPS) is 21.0. The lowest BCUT2D eigenvalue weighted by atomic mass is 10.2. The summed E-state index contributed by atoms with van der Waals surface area (Å²) in [5, 5.41) is 2.50. The molecule has 24 heavy (non-hydrogen) atoms. The molecule has 8 heteroatoms. The van der Waals surface area contributed by atoms with Crippen LogP contribution in [0.15, 0.2) is 40.9 Å². The molecular formula is C16H18FN3O3S. The van der Waals surface area contributed by atoms with E-state index >= 15 is 0 Å². The second-order valence-corrected chi connectivity index (χ2v) is 6.81. The third kappa shape index (κ3) is 5.17. The number of pyridine rings is 1. The third-order valence-corrected chi connectivity index (χ3v) is 4.58. The van der Waals surface area contributed by atoms with E-state index in [9.17, 15) is 13.7 Å². The van der Waals surface area contributed by atoms with Gasteiger partial charge >= 0.3 is 0 Å². The summed E-state index contributed by atoms with van der Waals surface area (Å²) in [6.07, 6.45) is 2.36. The molecule has 0 radical (unpaired) electrons. The largest absolute Gasteiger partial charge is 0.616 e. The number of hydrogen-bond acceptors (Lipinski definition) is 5. The number of allylic oxidation sites excluding steroid dienone is 3. The Morgan fingerprint density at radius 3 is 2.83 bits per heavy atom. The lowest BCUT2D eigenvalue weighted by Gasteiger charge is -2.29. The summed E-state index contributed by atoms with van der Waals surface area (Å²) in [7, 11) is 0. The van der Waals surface area contributed by atoms with Gasteiger partial charge < -0.3 is 14.6 Å². The maximum Gasteiger partial charge on any atom is 0.275 e. The van der Waals surface area contributed by atoms with Crippen molar-refractivity contribution in [2.75, 3.05) is 11.5 Å². The molecule has 0 bridgehead atoms. The third-order valence-electron chi connectivity index (χ3n) is 3.09. The first-order chi connectivity index (χ1) is 11.4. The van der Waals surface area contributed by atoms with E-state index in [1.54, 1.807) is 13.0 Å². The van der Waals surface area contributed by atoms with Gasteiger partial charge in [0.05, 0.1) is 5.83 Å². The average Bonchev–Trinajstić information content (AvgIpc) is 2.49. The van der Waals surface area contributed by atoms with E-state index in [4.69, 9.17) is 4.74 Å². The maximum absolute atomic E-state index is 12.7. The molecule has 2 rings (SSSR count). The van der Waals surface area contributed by atoms with Gasteiger partial charge in [-0.1, -0.05) is 0 Å². The van der Waals surface area contributed by atoms with Crippen LogP contribution in [0.25, 0.3) is 0 Å². The number of aliphatic imine (C=N–C) groups is 1. The summed E-state index contributed by atoms with van der Waals surface area (Å²) in [5.74, 6) is 0.649. The molecule has 1 aromatic rings. The van der Waals surface area contributed by atoms with Gasteiger partial charge in [0.15, 0.2) is 6.10 Å².